The summed E-state index contributed by atoms with van der Waals surface area (Å²) >= 11 is 14.0. The molecule has 0 N–H and O–H groups in total. The third-order valence-corrected chi connectivity index (χ3v) is 10.7. The fourth-order valence-corrected chi connectivity index (χ4v) is 7.24. The Hall–Kier alpha value is -1.65. The van der Waals surface area contributed by atoms with Crippen LogP contribution in [0.5, 0.6) is 0 Å². The molecule has 0 bridgehead atoms. The predicted molar refractivity (Wildman–Crippen MR) is 156 cm³/mol. The summed E-state index contributed by atoms with van der Waals surface area (Å²) < 4.78 is 38.1. The molecule has 3 rings (SSSR count). The summed E-state index contributed by atoms with van der Waals surface area (Å²) in [5.41, 5.74) is -0.0543. The molecule has 1 amide bonds. The molecular formula is C28H37Cl2NO6S2. The van der Waals surface area contributed by atoms with Gasteiger partial charge in [-0.25, -0.2) is 8.42 Å². The zero-order chi connectivity index (χ0) is 29.3. The van der Waals surface area contributed by atoms with Crippen LogP contribution < -0.4 is 0 Å². The molecule has 2 heterocycles. The van der Waals surface area contributed by atoms with Crippen LogP contribution in [0.2, 0.25) is 9.36 Å². The Kier molecular flexibility index (Phi) is 9.86. The molecule has 0 spiro atoms. The molecule has 216 valence electrons. The molecule has 0 radical (unpaired) electrons. The summed E-state index contributed by atoms with van der Waals surface area (Å²) in [6.07, 6.45) is -1.86. The second-order valence-corrected chi connectivity index (χ2v) is 16.6. The molecule has 1 aliphatic heterocycles. The van der Waals surface area contributed by atoms with E-state index in [0.717, 1.165) is 4.88 Å². The van der Waals surface area contributed by atoms with Crippen LogP contribution in [0.25, 0.3) is 0 Å². The zero-order valence-corrected chi connectivity index (χ0v) is 26.5. The first-order chi connectivity index (χ1) is 17.9. The quantitative estimate of drug-likeness (QED) is 0.303. The molecule has 0 aliphatic carbocycles. The van der Waals surface area contributed by atoms with Crippen molar-refractivity contribution >= 4 is 56.3 Å². The van der Waals surface area contributed by atoms with Crippen molar-refractivity contribution in [1.82, 2.24) is 4.90 Å². The summed E-state index contributed by atoms with van der Waals surface area (Å²) in [6, 6.07) is 9.28. The van der Waals surface area contributed by atoms with Gasteiger partial charge in [-0.05, 0) is 77.8 Å². The molecule has 0 saturated carbocycles. The lowest BCUT2D eigenvalue weighted by molar-refractivity contribution is -0.185. The molecule has 1 saturated heterocycles. The number of nitrogens with zero attached hydrogens (tertiary/aromatic N) is 1. The summed E-state index contributed by atoms with van der Waals surface area (Å²) in [6.45, 7) is 12.0. The van der Waals surface area contributed by atoms with Crippen molar-refractivity contribution in [2.24, 2.45) is 0 Å². The molecule has 39 heavy (non-hydrogen) atoms. The summed E-state index contributed by atoms with van der Waals surface area (Å²) in [5.74, 6) is -1.29. The van der Waals surface area contributed by atoms with E-state index in [-0.39, 0.29) is 12.2 Å². The van der Waals surface area contributed by atoms with Gasteiger partial charge in [-0.1, -0.05) is 42.3 Å². The Bertz CT molecular complexity index is 1300. The largest absolute Gasteiger partial charge is 0.460 e. The van der Waals surface area contributed by atoms with E-state index >= 15 is 0 Å². The van der Waals surface area contributed by atoms with Gasteiger partial charge in [0, 0.05) is 15.9 Å². The lowest BCUT2D eigenvalue weighted by Gasteiger charge is -2.47. The van der Waals surface area contributed by atoms with E-state index in [9.17, 15) is 18.0 Å². The Labute approximate surface area is 245 Å². The van der Waals surface area contributed by atoms with Gasteiger partial charge in [-0.2, -0.15) is 0 Å². The van der Waals surface area contributed by atoms with Crippen molar-refractivity contribution in [3.63, 3.8) is 0 Å². The van der Waals surface area contributed by atoms with Gasteiger partial charge in [-0.3, -0.25) is 9.59 Å². The van der Waals surface area contributed by atoms with Gasteiger partial charge in [0.1, 0.15) is 17.8 Å². The van der Waals surface area contributed by atoms with Gasteiger partial charge in [-0.15, -0.1) is 11.3 Å². The number of hydrogen-bond acceptors (Lipinski definition) is 7. The molecule has 2 aromatic rings. The summed E-state index contributed by atoms with van der Waals surface area (Å²) in [4.78, 5) is 29.3. The van der Waals surface area contributed by atoms with Gasteiger partial charge < -0.3 is 14.4 Å². The normalized spacial score (nSPS) is 21.6. The van der Waals surface area contributed by atoms with Gasteiger partial charge in [0.25, 0.3) is 5.91 Å². The Morgan fingerprint density at radius 3 is 2.31 bits per heavy atom. The highest BCUT2D eigenvalue weighted by atomic mass is 35.5. The van der Waals surface area contributed by atoms with E-state index in [2.05, 4.69) is 0 Å². The molecule has 1 aliphatic rings. The second kappa shape index (κ2) is 12.1. The highest BCUT2D eigenvalue weighted by Crippen LogP contribution is 2.47. The van der Waals surface area contributed by atoms with Crippen molar-refractivity contribution in [1.29, 1.82) is 0 Å². The highest BCUT2D eigenvalue weighted by Gasteiger charge is 2.49. The van der Waals surface area contributed by atoms with Crippen LogP contribution in [-0.4, -0.2) is 53.4 Å². The lowest BCUT2D eigenvalue weighted by Crippen LogP contribution is -2.57. The number of carbonyl (C=O) groups is 2. The SMILES string of the molecule is CC[C@@H](CS(=O)(=O)C(C)(C)C)N1C(=O)[C@@H](CC(=O)OC(C)(C)C)OC(c2cccc(Cl)c2)C1c1ccc(Cl)s1. The predicted octanol–water partition coefficient (Wildman–Crippen LogP) is 6.79. The van der Waals surface area contributed by atoms with E-state index in [1.54, 1.807) is 70.7 Å². The average molecular weight is 619 g/mol. The van der Waals surface area contributed by atoms with Crippen LogP contribution >= 0.6 is 34.5 Å². The number of sulfone groups is 1. The topological polar surface area (TPSA) is 90.0 Å². The van der Waals surface area contributed by atoms with Crippen LogP contribution in [-0.2, 0) is 28.9 Å². The molecule has 4 atom stereocenters. The zero-order valence-electron chi connectivity index (χ0n) is 23.4. The van der Waals surface area contributed by atoms with Gasteiger partial charge in [0.2, 0.25) is 0 Å². The minimum absolute atomic E-state index is 0.240. The molecule has 1 aromatic carbocycles. The molecular weight excluding hydrogens is 581 g/mol. The molecule has 1 fully saturated rings. The van der Waals surface area contributed by atoms with Crippen molar-refractivity contribution < 1.29 is 27.5 Å². The molecule has 7 nitrogen and oxygen atoms in total. The van der Waals surface area contributed by atoms with E-state index in [1.807, 2.05) is 19.1 Å². The fourth-order valence-electron chi connectivity index (χ4n) is 4.45. The van der Waals surface area contributed by atoms with Crippen LogP contribution in [0.15, 0.2) is 36.4 Å². The second-order valence-electron chi connectivity index (χ2n) is 11.7. The van der Waals surface area contributed by atoms with Crippen molar-refractivity contribution in [3.05, 3.63) is 56.2 Å². The Balaban J connectivity index is 2.17. The first-order valence-corrected chi connectivity index (χ1v) is 16.1. The van der Waals surface area contributed by atoms with E-state index < -0.39 is 56.4 Å². The summed E-state index contributed by atoms with van der Waals surface area (Å²) in [7, 11) is -3.61. The maximum absolute atomic E-state index is 14.1. The Morgan fingerprint density at radius 2 is 1.79 bits per heavy atom. The minimum Gasteiger partial charge on any atom is -0.460 e. The number of hydrogen-bond donors (Lipinski definition) is 0. The number of ether oxygens (including phenoxy) is 2. The first kappa shape index (κ1) is 31.9. The average Bonchev–Trinajstić information content (AvgIpc) is 3.22. The van der Waals surface area contributed by atoms with Gasteiger partial charge in [0.05, 0.1) is 27.3 Å². The van der Waals surface area contributed by atoms with E-state index in [0.29, 0.717) is 21.3 Å². The fraction of sp³-hybridized carbons (Fsp3) is 0.571. The summed E-state index contributed by atoms with van der Waals surface area (Å²) in [5, 5.41) is 0.480. The number of benzene rings is 1. The highest BCUT2D eigenvalue weighted by molar-refractivity contribution is 7.92. The van der Waals surface area contributed by atoms with E-state index in [4.69, 9.17) is 32.7 Å². The smallest absolute Gasteiger partial charge is 0.309 e. The monoisotopic (exact) mass is 617 g/mol. The number of amides is 1. The maximum atomic E-state index is 14.1. The molecule has 2 unspecified atom stereocenters. The number of carbonyl (C=O) groups excluding carboxylic acids is 2. The van der Waals surface area contributed by atoms with E-state index in [1.165, 1.54) is 11.3 Å². The van der Waals surface area contributed by atoms with Crippen molar-refractivity contribution in [2.75, 3.05) is 5.75 Å². The number of halogens is 2. The third kappa shape index (κ3) is 7.76. The van der Waals surface area contributed by atoms with Crippen molar-refractivity contribution in [2.45, 2.75) is 95.9 Å². The number of esters is 1. The number of morpholine rings is 1. The van der Waals surface area contributed by atoms with Crippen LogP contribution in [0, 0.1) is 0 Å². The van der Waals surface area contributed by atoms with Gasteiger partial charge >= 0.3 is 5.97 Å². The number of rotatable bonds is 8. The van der Waals surface area contributed by atoms with Crippen LogP contribution in [0.4, 0.5) is 0 Å². The Morgan fingerprint density at radius 1 is 1.13 bits per heavy atom. The number of thiophene rings is 1. The van der Waals surface area contributed by atoms with Crippen LogP contribution in [0.1, 0.15) is 83.9 Å². The molecule has 1 aromatic heterocycles. The van der Waals surface area contributed by atoms with Crippen LogP contribution in [0.3, 0.4) is 0 Å². The standard InChI is InChI=1S/C28H37Cl2NO6S2/c1-8-19(16-39(34,35)28(5,6)7)31-24(21-12-13-22(30)38-21)25(17-10-9-11-18(29)14-17)36-20(26(31)33)15-23(32)37-27(2,3)4/h9-14,19-20,24-25H,8,15-16H2,1-7H3/t19-,20+,24?,25?/m0/s1. The van der Waals surface area contributed by atoms with Gasteiger partial charge in [0.15, 0.2) is 9.84 Å². The minimum atomic E-state index is -3.61. The van der Waals surface area contributed by atoms with Crippen molar-refractivity contribution in [3.8, 4) is 0 Å². The third-order valence-electron chi connectivity index (χ3n) is 6.47. The lowest BCUT2D eigenvalue weighted by atomic mass is 9.93. The first-order valence-electron chi connectivity index (χ1n) is 12.9. The maximum Gasteiger partial charge on any atom is 0.309 e. The molecule has 11 heteroatoms.